The topological polar surface area (TPSA) is 26.3 Å². The van der Waals surface area contributed by atoms with Gasteiger partial charge in [-0.05, 0) is 83.4 Å². The van der Waals surface area contributed by atoms with E-state index < -0.39 is 0 Å². The quantitative estimate of drug-likeness (QED) is 0.392. The maximum absolute atomic E-state index is 11.8. The van der Waals surface area contributed by atoms with Crippen molar-refractivity contribution in [1.29, 1.82) is 0 Å². The normalized spacial score (nSPS) is 21.3. The minimum absolute atomic E-state index is 0.218. The van der Waals surface area contributed by atoms with Gasteiger partial charge in [0.1, 0.15) is 5.75 Å². The van der Waals surface area contributed by atoms with Gasteiger partial charge in [0, 0.05) is 3.57 Å². The van der Waals surface area contributed by atoms with Gasteiger partial charge in [-0.1, -0.05) is 44.5 Å². The van der Waals surface area contributed by atoms with Gasteiger partial charge < -0.3 is 4.74 Å². The molecule has 0 unspecified atom stereocenters. The third-order valence-electron chi connectivity index (χ3n) is 5.56. The van der Waals surface area contributed by atoms with Crippen LogP contribution in [0.4, 0.5) is 0 Å². The second-order valence-corrected chi connectivity index (χ2v) is 9.56. The minimum atomic E-state index is 0.218. The molecule has 0 radical (unpaired) electrons. The van der Waals surface area contributed by atoms with Crippen LogP contribution in [0.2, 0.25) is 0 Å². The molecular weight excluding hydrogens is 423 g/mol. The van der Waals surface area contributed by atoms with Crippen LogP contribution in [-0.2, 0) is 0 Å². The minimum Gasteiger partial charge on any atom is -0.490 e. The maximum Gasteiger partial charge on any atom is 0.154 e. The van der Waals surface area contributed by atoms with Crippen molar-refractivity contribution in [3.63, 3.8) is 0 Å². The highest BCUT2D eigenvalue weighted by Gasteiger charge is 2.30. The van der Waals surface area contributed by atoms with Crippen molar-refractivity contribution in [2.24, 2.45) is 11.3 Å². The molecule has 1 saturated carbocycles. The summed E-state index contributed by atoms with van der Waals surface area (Å²) in [6.07, 6.45) is 5.72. The van der Waals surface area contributed by atoms with E-state index in [0.717, 1.165) is 50.7 Å². The van der Waals surface area contributed by atoms with E-state index in [9.17, 15) is 4.79 Å². The van der Waals surface area contributed by atoms with Crippen LogP contribution in [-0.4, -0.2) is 12.4 Å². The average molecular weight is 450 g/mol. The summed E-state index contributed by atoms with van der Waals surface area (Å²) in [7, 11) is 0. The number of ether oxygens (including phenoxy) is 1. The number of aldehydes is 1. The van der Waals surface area contributed by atoms with Crippen LogP contribution in [0.15, 0.2) is 24.3 Å². The van der Waals surface area contributed by atoms with E-state index in [0.29, 0.717) is 11.0 Å². The van der Waals surface area contributed by atoms with Gasteiger partial charge in [-0.2, -0.15) is 0 Å². The van der Waals surface area contributed by atoms with E-state index in [1.165, 1.54) is 12.8 Å². The monoisotopic (exact) mass is 450 g/mol. The SMILES string of the molecule is Cc1ccc2c(I)cc(OC3CCC(C(C)(C)C)CC3)c(C=O)c2c1. The lowest BCUT2D eigenvalue weighted by Crippen LogP contribution is -2.30. The fraction of sp³-hybridized carbons (Fsp3) is 0.500. The molecule has 0 spiro atoms. The van der Waals surface area contributed by atoms with E-state index in [2.05, 4.69) is 68.5 Å². The number of hydrogen-bond acceptors (Lipinski definition) is 2. The van der Waals surface area contributed by atoms with E-state index in [1.54, 1.807) is 0 Å². The predicted molar refractivity (Wildman–Crippen MR) is 113 cm³/mol. The molecule has 2 nitrogen and oxygen atoms in total. The molecule has 1 aliphatic rings. The third-order valence-corrected chi connectivity index (χ3v) is 6.45. The van der Waals surface area contributed by atoms with Crippen LogP contribution in [0.25, 0.3) is 10.8 Å². The lowest BCUT2D eigenvalue weighted by atomic mass is 9.72. The number of fused-ring (bicyclic) bond motifs is 1. The Morgan fingerprint density at radius 3 is 2.36 bits per heavy atom. The Hall–Kier alpha value is -1.10. The first kappa shape index (κ1) is 18.7. The summed E-state index contributed by atoms with van der Waals surface area (Å²) >= 11 is 2.34. The molecule has 3 rings (SSSR count). The Bertz CT molecular complexity index is 781. The van der Waals surface area contributed by atoms with E-state index in [4.69, 9.17) is 4.74 Å². The van der Waals surface area contributed by atoms with Crippen LogP contribution in [0.3, 0.4) is 0 Å². The Morgan fingerprint density at radius 2 is 1.76 bits per heavy atom. The summed E-state index contributed by atoms with van der Waals surface area (Å²) in [5.74, 6) is 1.51. The van der Waals surface area contributed by atoms with Crippen molar-refractivity contribution in [3.05, 3.63) is 39.0 Å². The first-order chi connectivity index (χ1) is 11.8. The standard InChI is InChI=1S/C22H27IO2/c1-14-5-10-17-18(11-14)19(13-24)21(12-20(17)23)25-16-8-6-15(7-9-16)22(2,3)4/h5,10-13,15-16H,6-9H2,1-4H3. The molecule has 2 aromatic carbocycles. The molecule has 2 aromatic rings. The zero-order valence-corrected chi connectivity index (χ0v) is 17.7. The molecule has 134 valence electrons. The molecule has 0 aliphatic heterocycles. The van der Waals surface area contributed by atoms with Crippen LogP contribution in [0.1, 0.15) is 62.4 Å². The molecule has 0 heterocycles. The van der Waals surface area contributed by atoms with Gasteiger partial charge in [-0.3, -0.25) is 4.79 Å². The first-order valence-electron chi connectivity index (χ1n) is 9.14. The smallest absolute Gasteiger partial charge is 0.154 e. The zero-order chi connectivity index (χ0) is 18.2. The Balaban J connectivity index is 1.86. The first-order valence-corrected chi connectivity index (χ1v) is 10.2. The number of rotatable bonds is 3. The van der Waals surface area contributed by atoms with Crippen LogP contribution >= 0.6 is 22.6 Å². The summed E-state index contributed by atoms with van der Waals surface area (Å²) in [6.45, 7) is 9.05. The molecule has 0 atom stereocenters. The van der Waals surface area contributed by atoms with E-state index >= 15 is 0 Å². The molecular formula is C22H27IO2. The largest absolute Gasteiger partial charge is 0.490 e. The number of carbonyl (C=O) groups excluding carboxylic acids is 1. The van der Waals surface area contributed by atoms with E-state index in [-0.39, 0.29) is 6.10 Å². The van der Waals surface area contributed by atoms with Gasteiger partial charge in [-0.15, -0.1) is 0 Å². The molecule has 25 heavy (non-hydrogen) atoms. The molecule has 0 N–H and O–H groups in total. The molecule has 0 bridgehead atoms. The third kappa shape index (κ3) is 4.02. The van der Waals surface area contributed by atoms with Crippen molar-refractivity contribution >= 4 is 39.6 Å². The maximum atomic E-state index is 11.8. The molecule has 0 saturated heterocycles. The average Bonchev–Trinajstić information content (AvgIpc) is 2.54. The van der Waals surface area contributed by atoms with Crippen molar-refractivity contribution in [3.8, 4) is 5.75 Å². The van der Waals surface area contributed by atoms with Crippen molar-refractivity contribution < 1.29 is 9.53 Å². The Labute approximate surface area is 164 Å². The highest BCUT2D eigenvalue weighted by molar-refractivity contribution is 14.1. The summed E-state index contributed by atoms with van der Waals surface area (Å²) in [5.41, 5.74) is 2.22. The second kappa shape index (κ2) is 7.26. The summed E-state index contributed by atoms with van der Waals surface area (Å²) < 4.78 is 7.47. The van der Waals surface area contributed by atoms with Crippen LogP contribution in [0.5, 0.6) is 5.75 Å². The zero-order valence-electron chi connectivity index (χ0n) is 15.6. The summed E-state index contributed by atoms with van der Waals surface area (Å²) in [6, 6.07) is 8.30. The lowest BCUT2D eigenvalue weighted by molar-refractivity contribution is 0.0871. The number of carbonyl (C=O) groups is 1. The Kier molecular flexibility index (Phi) is 5.42. The fourth-order valence-corrected chi connectivity index (χ4v) is 4.69. The predicted octanol–water partition coefficient (Wildman–Crippen LogP) is 6.55. The molecule has 0 aromatic heterocycles. The Morgan fingerprint density at radius 1 is 1.08 bits per heavy atom. The highest BCUT2D eigenvalue weighted by atomic mass is 127. The number of aryl methyl sites for hydroxylation is 1. The van der Waals surface area contributed by atoms with Crippen LogP contribution < -0.4 is 4.74 Å². The molecule has 1 aliphatic carbocycles. The van der Waals surface area contributed by atoms with Crippen molar-refractivity contribution in [2.75, 3.05) is 0 Å². The lowest BCUT2D eigenvalue weighted by Gasteiger charge is -2.37. The van der Waals surface area contributed by atoms with Gasteiger partial charge >= 0.3 is 0 Å². The van der Waals surface area contributed by atoms with Gasteiger partial charge in [0.25, 0.3) is 0 Å². The van der Waals surface area contributed by atoms with Gasteiger partial charge in [0.15, 0.2) is 6.29 Å². The summed E-state index contributed by atoms with van der Waals surface area (Å²) in [5, 5.41) is 2.12. The van der Waals surface area contributed by atoms with Gasteiger partial charge in [0.05, 0.1) is 11.7 Å². The summed E-state index contributed by atoms with van der Waals surface area (Å²) in [4.78, 5) is 11.8. The van der Waals surface area contributed by atoms with Crippen molar-refractivity contribution in [1.82, 2.24) is 0 Å². The molecule has 3 heteroatoms. The molecule has 0 amide bonds. The van der Waals surface area contributed by atoms with E-state index in [1.807, 2.05) is 6.07 Å². The number of halogens is 1. The number of benzene rings is 2. The van der Waals surface area contributed by atoms with Gasteiger partial charge in [0.2, 0.25) is 0 Å². The van der Waals surface area contributed by atoms with Crippen molar-refractivity contribution in [2.45, 2.75) is 59.5 Å². The van der Waals surface area contributed by atoms with Gasteiger partial charge in [-0.25, -0.2) is 0 Å². The fourth-order valence-electron chi connectivity index (χ4n) is 3.94. The second-order valence-electron chi connectivity index (χ2n) is 8.39. The number of hydrogen-bond donors (Lipinski definition) is 0. The van der Waals surface area contributed by atoms with Crippen LogP contribution in [0, 0.1) is 21.8 Å². The highest BCUT2D eigenvalue weighted by Crippen LogP contribution is 2.40. The molecule has 1 fully saturated rings.